The minimum Gasteiger partial charge on any atom is -0.450 e. The summed E-state index contributed by atoms with van der Waals surface area (Å²) in [4.78, 5) is 13.9. The van der Waals surface area contributed by atoms with E-state index < -0.39 is 0 Å². The maximum Gasteiger partial charge on any atom is 0.407 e. The molecule has 1 heterocycles. The van der Waals surface area contributed by atoms with E-state index in [1.54, 1.807) is 0 Å². The summed E-state index contributed by atoms with van der Waals surface area (Å²) < 4.78 is 4.94. The lowest BCUT2D eigenvalue weighted by molar-refractivity contribution is 0.146. The molecule has 0 bridgehead atoms. The molecule has 1 N–H and O–H groups in total. The molecule has 1 aliphatic rings. The number of hydrogen-bond acceptors (Lipinski definition) is 3. The Morgan fingerprint density at radius 2 is 2.00 bits per heavy atom. The summed E-state index contributed by atoms with van der Waals surface area (Å²) in [5.41, 5.74) is 1.31. The predicted octanol–water partition coefficient (Wildman–Crippen LogP) is 2.44. The molecule has 0 aromatic heterocycles. The first-order valence-electron chi connectivity index (χ1n) is 7.48. The standard InChI is InChI=1S/C16H24N2O2/c1-2-20-16(19)17-13-15(18-10-6-7-11-18)12-14-8-4-3-5-9-14/h3-5,8-9,15H,2,6-7,10-13H2,1H3,(H,17,19). The zero-order chi connectivity index (χ0) is 14.2. The van der Waals surface area contributed by atoms with Crippen LogP contribution in [-0.2, 0) is 11.2 Å². The SMILES string of the molecule is CCOC(=O)NCC(Cc1ccccc1)N1CCCC1. The smallest absolute Gasteiger partial charge is 0.407 e. The Labute approximate surface area is 121 Å². The fourth-order valence-electron chi connectivity index (χ4n) is 2.71. The van der Waals surface area contributed by atoms with Crippen LogP contribution < -0.4 is 5.32 Å². The van der Waals surface area contributed by atoms with Crippen LogP contribution in [0, 0.1) is 0 Å². The number of amides is 1. The number of ether oxygens (including phenoxy) is 1. The second kappa shape index (κ2) is 7.90. The second-order valence-electron chi connectivity index (χ2n) is 5.19. The van der Waals surface area contributed by atoms with Gasteiger partial charge in [-0.2, -0.15) is 0 Å². The molecule has 0 aliphatic carbocycles. The number of alkyl carbamates (subject to hydrolysis) is 1. The Morgan fingerprint density at radius 1 is 1.30 bits per heavy atom. The molecule has 4 nitrogen and oxygen atoms in total. The van der Waals surface area contributed by atoms with Gasteiger partial charge in [0.05, 0.1) is 6.61 Å². The van der Waals surface area contributed by atoms with Gasteiger partial charge in [-0.05, 0) is 44.8 Å². The summed E-state index contributed by atoms with van der Waals surface area (Å²) in [6.45, 7) is 5.14. The molecule has 4 heteroatoms. The number of nitrogens with one attached hydrogen (secondary N) is 1. The molecule has 20 heavy (non-hydrogen) atoms. The maximum absolute atomic E-state index is 11.5. The van der Waals surface area contributed by atoms with E-state index in [1.807, 2.05) is 13.0 Å². The highest BCUT2D eigenvalue weighted by Crippen LogP contribution is 2.15. The van der Waals surface area contributed by atoms with Crippen molar-refractivity contribution in [3.05, 3.63) is 35.9 Å². The summed E-state index contributed by atoms with van der Waals surface area (Å²) in [5, 5.41) is 2.88. The third kappa shape index (κ3) is 4.53. The average molecular weight is 276 g/mol. The van der Waals surface area contributed by atoms with Crippen molar-refractivity contribution < 1.29 is 9.53 Å². The molecule has 1 fully saturated rings. The zero-order valence-electron chi connectivity index (χ0n) is 12.2. The Balaban J connectivity index is 1.92. The van der Waals surface area contributed by atoms with Gasteiger partial charge in [0.15, 0.2) is 0 Å². The van der Waals surface area contributed by atoms with E-state index in [0.717, 1.165) is 19.5 Å². The zero-order valence-corrected chi connectivity index (χ0v) is 12.2. The van der Waals surface area contributed by atoms with Crippen LogP contribution in [0.25, 0.3) is 0 Å². The molecule has 110 valence electrons. The van der Waals surface area contributed by atoms with E-state index in [4.69, 9.17) is 4.74 Å². The van der Waals surface area contributed by atoms with Gasteiger partial charge in [0.25, 0.3) is 0 Å². The molecular formula is C16H24N2O2. The van der Waals surface area contributed by atoms with Gasteiger partial charge in [-0.1, -0.05) is 30.3 Å². The third-order valence-electron chi connectivity index (χ3n) is 3.73. The number of carbonyl (C=O) groups is 1. The molecule has 0 saturated carbocycles. The van der Waals surface area contributed by atoms with E-state index >= 15 is 0 Å². The van der Waals surface area contributed by atoms with E-state index in [0.29, 0.717) is 19.2 Å². The first-order valence-corrected chi connectivity index (χ1v) is 7.48. The number of nitrogens with zero attached hydrogens (tertiary/aromatic N) is 1. The van der Waals surface area contributed by atoms with Gasteiger partial charge >= 0.3 is 6.09 Å². The molecule has 0 radical (unpaired) electrons. The topological polar surface area (TPSA) is 41.6 Å². The van der Waals surface area contributed by atoms with Gasteiger partial charge in [0, 0.05) is 12.6 Å². The number of likely N-dealkylation sites (tertiary alicyclic amines) is 1. The molecule has 2 rings (SSSR count). The van der Waals surface area contributed by atoms with Crippen molar-refractivity contribution in [2.75, 3.05) is 26.2 Å². The number of rotatable bonds is 6. The summed E-state index contributed by atoms with van der Waals surface area (Å²) in [7, 11) is 0. The summed E-state index contributed by atoms with van der Waals surface area (Å²) in [6, 6.07) is 10.8. The summed E-state index contributed by atoms with van der Waals surface area (Å²) >= 11 is 0. The van der Waals surface area contributed by atoms with Crippen LogP contribution >= 0.6 is 0 Å². The minimum absolute atomic E-state index is 0.315. The van der Waals surface area contributed by atoms with Crippen molar-refractivity contribution in [1.82, 2.24) is 10.2 Å². The first kappa shape index (κ1) is 14.9. The number of hydrogen-bond donors (Lipinski definition) is 1. The highest BCUT2D eigenvalue weighted by Gasteiger charge is 2.22. The van der Waals surface area contributed by atoms with E-state index in [2.05, 4.69) is 34.5 Å². The fraction of sp³-hybridized carbons (Fsp3) is 0.562. The van der Waals surface area contributed by atoms with Crippen LogP contribution in [0.1, 0.15) is 25.3 Å². The van der Waals surface area contributed by atoms with Crippen molar-refractivity contribution >= 4 is 6.09 Å². The molecule has 1 amide bonds. The van der Waals surface area contributed by atoms with Gasteiger partial charge in [-0.25, -0.2) is 4.79 Å². The van der Waals surface area contributed by atoms with E-state index in [9.17, 15) is 4.79 Å². The predicted molar refractivity (Wildman–Crippen MR) is 79.8 cm³/mol. The highest BCUT2D eigenvalue weighted by molar-refractivity contribution is 5.67. The summed E-state index contributed by atoms with van der Waals surface area (Å²) in [5.74, 6) is 0. The largest absolute Gasteiger partial charge is 0.450 e. The highest BCUT2D eigenvalue weighted by atomic mass is 16.5. The van der Waals surface area contributed by atoms with Crippen LogP contribution in [0.5, 0.6) is 0 Å². The van der Waals surface area contributed by atoms with Gasteiger partial charge in [0.2, 0.25) is 0 Å². The lowest BCUT2D eigenvalue weighted by Crippen LogP contribution is -2.44. The Kier molecular flexibility index (Phi) is 5.87. The fourth-order valence-corrected chi connectivity index (χ4v) is 2.71. The quantitative estimate of drug-likeness (QED) is 0.867. The van der Waals surface area contributed by atoms with E-state index in [1.165, 1.54) is 18.4 Å². The van der Waals surface area contributed by atoms with Crippen LogP contribution in [0.2, 0.25) is 0 Å². The first-order chi connectivity index (χ1) is 9.79. The molecule has 1 unspecified atom stereocenters. The molecule has 1 aromatic rings. The molecule has 1 atom stereocenters. The molecule has 0 spiro atoms. The van der Waals surface area contributed by atoms with Crippen molar-refractivity contribution in [2.24, 2.45) is 0 Å². The summed E-state index contributed by atoms with van der Waals surface area (Å²) in [6.07, 6.45) is 3.16. The number of benzene rings is 1. The average Bonchev–Trinajstić information content (AvgIpc) is 2.99. The van der Waals surface area contributed by atoms with Crippen molar-refractivity contribution in [3.8, 4) is 0 Å². The maximum atomic E-state index is 11.5. The Bertz CT molecular complexity index is 402. The van der Waals surface area contributed by atoms with Gasteiger partial charge in [-0.3, -0.25) is 4.90 Å². The monoisotopic (exact) mass is 276 g/mol. The van der Waals surface area contributed by atoms with E-state index in [-0.39, 0.29) is 6.09 Å². The van der Waals surface area contributed by atoms with Crippen molar-refractivity contribution in [1.29, 1.82) is 0 Å². The second-order valence-corrected chi connectivity index (χ2v) is 5.19. The van der Waals surface area contributed by atoms with Crippen molar-refractivity contribution in [3.63, 3.8) is 0 Å². The van der Waals surface area contributed by atoms with Gasteiger partial charge in [-0.15, -0.1) is 0 Å². The van der Waals surface area contributed by atoms with Crippen LogP contribution in [0.3, 0.4) is 0 Å². The normalized spacial score (nSPS) is 16.9. The third-order valence-corrected chi connectivity index (χ3v) is 3.73. The van der Waals surface area contributed by atoms with Gasteiger partial charge in [0.1, 0.15) is 0 Å². The Morgan fingerprint density at radius 3 is 2.65 bits per heavy atom. The molecule has 1 saturated heterocycles. The molecule has 1 aliphatic heterocycles. The van der Waals surface area contributed by atoms with Crippen LogP contribution in [0.4, 0.5) is 4.79 Å². The molecule has 1 aromatic carbocycles. The van der Waals surface area contributed by atoms with Gasteiger partial charge < -0.3 is 10.1 Å². The lowest BCUT2D eigenvalue weighted by atomic mass is 10.0. The lowest BCUT2D eigenvalue weighted by Gasteiger charge is -2.27. The van der Waals surface area contributed by atoms with Crippen LogP contribution in [-0.4, -0.2) is 43.3 Å². The Hall–Kier alpha value is -1.55. The molecular weight excluding hydrogens is 252 g/mol. The van der Waals surface area contributed by atoms with Crippen LogP contribution in [0.15, 0.2) is 30.3 Å². The number of carbonyl (C=O) groups excluding carboxylic acids is 1. The van der Waals surface area contributed by atoms with Crippen molar-refractivity contribution in [2.45, 2.75) is 32.2 Å². The minimum atomic E-state index is -0.315.